The van der Waals surface area contributed by atoms with Crippen molar-refractivity contribution in [3.8, 4) is 28.8 Å². The lowest BCUT2D eigenvalue weighted by atomic mass is 10.0. The first kappa shape index (κ1) is 18.3. The molecule has 0 unspecified atom stereocenters. The quantitative estimate of drug-likeness (QED) is 0.720. The van der Waals surface area contributed by atoms with Crippen LogP contribution in [0.25, 0.3) is 22.8 Å². The number of hydrogen-bond acceptors (Lipinski definition) is 5. The number of nitrogens with two attached hydrogens (primary N) is 1. The highest BCUT2D eigenvalue weighted by atomic mass is 35.5. The number of aromatic nitrogens is 3. The number of methoxy groups -OCH3 is 1. The lowest BCUT2D eigenvalue weighted by molar-refractivity contribution is 0.379. The van der Waals surface area contributed by atoms with Crippen molar-refractivity contribution in [2.75, 3.05) is 7.11 Å². The fourth-order valence-electron chi connectivity index (χ4n) is 2.59. The zero-order valence-corrected chi connectivity index (χ0v) is 15.8. The van der Waals surface area contributed by atoms with Crippen molar-refractivity contribution >= 4 is 11.6 Å². The van der Waals surface area contributed by atoms with Crippen LogP contribution in [-0.2, 0) is 6.54 Å². The van der Waals surface area contributed by atoms with E-state index in [4.69, 9.17) is 22.1 Å². The third-order valence-electron chi connectivity index (χ3n) is 4.14. The van der Waals surface area contributed by atoms with Crippen LogP contribution in [0.1, 0.15) is 30.9 Å². The Morgan fingerprint density at radius 3 is 2.31 bits per heavy atom. The highest BCUT2D eigenvalue weighted by Gasteiger charge is 2.14. The minimum Gasteiger partial charge on any atom is -0.467 e. The fraction of sp³-hybridized carbons (Fsp3) is 0.250. The van der Waals surface area contributed by atoms with Gasteiger partial charge in [-0.1, -0.05) is 55.8 Å². The Labute approximate surface area is 158 Å². The van der Waals surface area contributed by atoms with Crippen LogP contribution in [0.2, 0.25) is 5.02 Å². The normalized spacial score (nSPS) is 11.0. The highest BCUT2D eigenvalue weighted by molar-refractivity contribution is 6.33. The van der Waals surface area contributed by atoms with Gasteiger partial charge in [0, 0.05) is 17.7 Å². The van der Waals surface area contributed by atoms with Crippen molar-refractivity contribution in [1.29, 1.82) is 0 Å². The molecule has 0 spiro atoms. The van der Waals surface area contributed by atoms with Crippen LogP contribution in [0, 0.1) is 0 Å². The van der Waals surface area contributed by atoms with Gasteiger partial charge in [-0.15, -0.1) is 0 Å². The largest absolute Gasteiger partial charge is 0.467 e. The van der Waals surface area contributed by atoms with Crippen molar-refractivity contribution < 1.29 is 4.74 Å². The predicted octanol–water partition coefficient (Wildman–Crippen LogP) is 4.45. The van der Waals surface area contributed by atoms with Gasteiger partial charge in [-0.25, -0.2) is 4.98 Å². The summed E-state index contributed by atoms with van der Waals surface area (Å²) in [7, 11) is 1.53. The Morgan fingerprint density at radius 2 is 1.69 bits per heavy atom. The molecule has 5 nitrogen and oxygen atoms in total. The molecule has 0 aliphatic carbocycles. The standard InChI is InChI=1S/C20H21ClN4O/c1-12(2)14-5-7-15(8-6-14)18-23-19(25-20(24-18)26-3)16-10-13(11-22)4-9-17(16)21/h4-10,12H,11,22H2,1-3H3. The molecule has 134 valence electrons. The second-order valence-corrected chi connectivity index (χ2v) is 6.67. The van der Waals surface area contributed by atoms with Gasteiger partial charge >= 0.3 is 6.01 Å². The predicted molar refractivity (Wildman–Crippen MR) is 104 cm³/mol. The van der Waals surface area contributed by atoms with Crippen LogP contribution in [0.5, 0.6) is 6.01 Å². The minimum atomic E-state index is 0.243. The van der Waals surface area contributed by atoms with Gasteiger partial charge in [0.2, 0.25) is 0 Å². The van der Waals surface area contributed by atoms with E-state index in [1.54, 1.807) is 6.07 Å². The summed E-state index contributed by atoms with van der Waals surface area (Å²) in [5, 5.41) is 0.552. The topological polar surface area (TPSA) is 73.9 Å². The number of nitrogens with zero attached hydrogens (tertiary/aromatic N) is 3. The van der Waals surface area contributed by atoms with Gasteiger partial charge < -0.3 is 10.5 Å². The molecule has 0 aliphatic rings. The van der Waals surface area contributed by atoms with Crippen LogP contribution < -0.4 is 10.5 Å². The Bertz CT molecular complexity index is 910. The van der Waals surface area contributed by atoms with Crippen LogP contribution in [0.4, 0.5) is 0 Å². The van der Waals surface area contributed by atoms with Crippen molar-refractivity contribution in [3.63, 3.8) is 0 Å². The first-order valence-electron chi connectivity index (χ1n) is 8.41. The van der Waals surface area contributed by atoms with E-state index in [0.29, 0.717) is 34.7 Å². The van der Waals surface area contributed by atoms with Gasteiger partial charge in [-0.05, 0) is 29.2 Å². The molecule has 26 heavy (non-hydrogen) atoms. The van der Waals surface area contributed by atoms with Crippen LogP contribution in [0.3, 0.4) is 0 Å². The summed E-state index contributed by atoms with van der Waals surface area (Å²) in [6.07, 6.45) is 0. The average Bonchev–Trinajstić information content (AvgIpc) is 2.68. The molecule has 0 atom stereocenters. The number of rotatable bonds is 5. The van der Waals surface area contributed by atoms with Crippen molar-refractivity contribution in [1.82, 2.24) is 15.0 Å². The summed E-state index contributed by atoms with van der Waals surface area (Å²) in [4.78, 5) is 13.3. The Kier molecular flexibility index (Phi) is 5.49. The van der Waals surface area contributed by atoms with E-state index >= 15 is 0 Å². The Morgan fingerprint density at radius 1 is 1.00 bits per heavy atom. The monoisotopic (exact) mass is 368 g/mol. The Balaban J connectivity index is 2.10. The molecule has 0 saturated carbocycles. The molecule has 0 fully saturated rings. The minimum absolute atomic E-state index is 0.243. The smallest absolute Gasteiger partial charge is 0.320 e. The number of halogens is 1. The van der Waals surface area contributed by atoms with E-state index in [9.17, 15) is 0 Å². The summed E-state index contributed by atoms with van der Waals surface area (Å²) in [5.41, 5.74) is 9.55. The number of benzene rings is 2. The van der Waals surface area contributed by atoms with Crippen molar-refractivity contribution in [2.24, 2.45) is 5.73 Å². The van der Waals surface area contributed by atoms with Gasteiger partial charge in [0.05, 0.1) is 12.1 Å². The van der Waals surface area contributed by atoms with Crippen molar-refractivity contribution in [2.45, 2.75) is 26.3 Å². The first-order chi connectivity index (χ1) is 12.5. The molecular weight excluding hydrogens is 348 g/mol. The lowest BCUT2D eigenvalue weighted by Crippen LogP contribution is -2.02. The maximum atomic E-state index is 6.36. The molecule has 0 amide bonds. The molecule has 0 bridgehead atoms. The number of ether oxygens (including phenoxy) is 1. The van der Waals surface area contributed by atoms with E-state index in [-0.39, 0.29) is 6.01 Å². The molecule has 0 aliphatic heterocycles. The molecule has 3 aromatic rings. The molecule has 3 rings (SSSR count). The van der Waals surface area contributed by atoms with E-state index in [2.05, 4.69) is 40.9 Å². The summed E-state index contributed by atoms with van der Waals surface area (Å²) in [5.74, 6) is 1.46. The molecule has 2 N–H and O–H groups in total. The first-order valence-corrected chi connectivity index (χ1v) is 8.79. The molecule has 1 heterocycles. The summed E-state index contributed by atoms with van der Waals surface area (Å²) in [6, 6.07) is 14.0. The SMILES string of the molecule is COc1nc(-c2ccc(C(C)C)cc2)nc(-c2cc(CN)ccc2Cl)n1. The molecule has 6 heteroatoms. The number of hydrogen-bond donors (Lipinski definition) is 1. The van der Waals surface area contributed by atoms with E-state index in [1.165, 1.54) is 12.7 Å². The van der Waals surface area contributed by atoms with Gasteiger partial charge in [-0.3, -0.25) is 0 Å². The van der Waals surface area contributed by atoms with E-state index in [1.807, 2.05) is 24.3 Å². The van der Waals surface area contributed by atoms with Crippen LogP contribution in [-0.4, -0.2) is 22.1 Å². The molecule has 0 radical (unpaired) electrons. The summed E-state index contributed by atoms with van der Waals surface area (Å²) in [6.45, 7) is 4.73. The lowest BCUT2D eigenvalue weighted by Gasteiger charge is -2.10. The van der Waals surface area contributed by atoms with Gasteiger partial charge in [0.15, 0.2) is 11.6 Å². The summed E-state index contributed by atoms with van der Waals surface area (Å²) >= 11 is 6.36. The highest BCUT2D eigenvalue weighted by Crippen LogP contribution is 2.29. The van der Waals surface area contributed by atoms with E-state index in [0.717, 1.165) is 11.1 Å². The second-order valence-electron chi connectivity index (χ2n) is 6.26. The third-order valence-corrected chi connectivity index (χ3v) is 4.47. The second kappa shape index (κ2) is 7.81. The van der Waals surface area contributed by atoms with Crippen LogP contribution >= 0.6 is 11.6 Å². The molecular formula is C20H21ClN4O. The molecule has 0 saturated heterocycles. The van der Waals surface area contributed by atoms with Crippen LogP contribution in [0.15, 0.2) is 42.5 Å². The fourth-order valence-corrected chi connectivity index (χ4v) is 2.79. The van der Waals surface area contributed by atoms with Crippen molar-refractivity contribution in [3.05, 3.63) is 58.6 Å². The third kappa shape index (κ3) is 3.84. The van der Waals surface area contributed by atoms with Gasteiger partial charge in [0.25, 0.3) is 0 Å². The average molecular weight is 369 g/mol. The molecule has 1 aromatic heterocycles. The zero-order valence-electron chi connectivity index (χ0n) is 15.0. The van der Waals surface area contributed by atoms with Gasteiger partial charge in [-0.2, -0.15) is 9.97 Å². The maximum absolute atomic E-state index is 6.36. The zero-order chi connectivity index (χ0) is 18.7. The molecule has 2 aromatic carbocycles. The van der Waals surface area contributed by atoms with E-state index < -0.39 is 0 Å². The Hall–Kier alpha value is -2.50. The summed E-state index contributed by atoms with van der Waals surface area (Å²) < 4.78 is 5.27. The van der Waals surface area contributed by atoms with Gasteiger partial charge in [0.1, 0.15) is 0 Å². The maximum Gasteiger partial charge on any atom is 0.320 e.